The highest BCUT2D eigenvalue weighted by molar-refractivity contribution is 7.89. The number of unbranched alkanes of at least 4 members (excludes halogenated alkanes) is 1. The number of nitrogens with zero attached hydrogens (tertiary/aromatic N) is 2. The Kier molecular flexibility index (Phi) is 24.1. The number of carbonyl (C=O) groups is 2. The zero-order valence-electron chi connectivity index (χ0n) is 43.5. The molecule has 0 aromatic heterocycles. The molecule has 4 amide bonds. The van der Waals surface area contributed by atoms with Gasteiger partial charge in [-0.25, -0.2) is 35.9 Å². The second-order valence-electron chi connectivity index (χ2n) is 18.5. The van der Waals surface area contributed by atoms with Crippen LogP contribution in [-0.4, -0.2) is 171 Å². The fourth-order valence-electron chi connectivity index (χ4n) is 8.55. The van der Waals surface area contributed by atoms with E-state index in [1.807, 2.05) is 64.6 Å². The van der Waals surface area contributed by atoms with Gasteiger partial charge in [-0.2, -0.15) is 0 Å². The average Bonchev–Trinajstić information content (AvgIpc) is 3.95. The Bertz CT molecular complexity index is 2510. The number of urea groups is 2. The number of carbonyl (C=O) groups excluding carboxylic acids is 2. The molecule has 0 saturated heterocycles. The lowest BCUT2D eigenvalue weighted by atomic mass is 10.1. The normalized spacial score (nSPS) is 17.1. The first kappa shape index (κ1) is 60.4. The van der Waals surface area contributed by atoms with Gasteiger partial charge in [-0.1, -0.05) is 35.3 Å². The number of hydrogen-bond donors (Lipinski definition) is 6. The molecule has 0 radical (unpaired) electrons. The summed E-state index contributed by atoms with van der Waals surface area (Å²) >= 11 is 12.6. The van der Waals surface area contributed by atoms with Gasteiger partial charge in [-0.15, -0.1) is 0 Å². The fraction of sp³-hybridized carbons (Fsp3) is 0.500. The van der Waals surface area contributed by atoms with Gasteiger partial charge < -0.3 is 59.5 Å². The van der Waals surface area contributed by atoms with Crippen molar-refractivity contribution in [2.75, 3.05) is 120 Å². The molecule has 6 rings (SSSR count). The third kappa shape index (κ3) is 19.0. The van der Waals surface area contributed by atoms with Crippen LogP contribution < -0.4 is 40.2 Å². The molecule has 4 aromatic rings. The molecular weight excluding hydrogens is 1060 g/mol. The average molecular weight is 1140 g/mol. The number of amides is 4. The van der Waals surface area contributed by atoms with Crippen molar-refractivity contribution in [1.82, 2.24) is 40.5 Å². The van der Waals surface area contributed by atoms with Crippen LogP contribution in [0.2, 0.25) is 10.0 Å². The van der Waals surface area contributed by atoms with E-state index in [0.29, 0.717) is 47.5 Å². The van der Waals surface area contributed by atoms with E-state index < -0.39 is 20.0 Å². The maximum absolute atomic E-state index is 12.9. The molecule has 0 heterocycles. The maximum Gasteiger partial charge on any atom is 0.314 e. The Morgan fingerprint density at radius 3 is 1.18 bits per heavy atom. The van der Waals surface area contributed by atoms with Crippen LogP contribution in [-0.2, 0) is 51.8 Å². The minimum absolute atomic E-state index is 0.0767. The Hall–Kier alpha value is -4.82. The molecular formula is C52H72Cl2N8O12S2. The summed E-state index contributed by atoms with van der Waals surface area (Å²) in [6, 6.07) is 23.8. The zero-order chi connectivity index (χ0) is 54.5. The Labute approximate surface area is 457 Å². The standard InChI is InChI=1S/C52H72Cl2N8O12S2/c1-61(2)47-33-37-7-9-39(53)35-45(37)49(47)73-41-11-15-43(16-12-41)75(65,66)59-23-27-71-31-29-69-25-21-57-51(63)55-19-5-6-20-56-52(64)58-22-26-70-30-32-72-28-24-60-76(67,68)44-17-13-42(14-18-44)74-50-46-36-40(54)10-8-38(46)34-48(50)62(3)4/h7-18,35-36,47-50,59-60H,5-6,19-34H2,1-4H3,(H2,55,57,63)(H2,56,58,64)/t47-,48-,49-,50-/m0/s1. The number of benzene rings is 4. The van der Waals surface area contributed by atoms with Crippen molar-refractivity contribution in [3.63, 3.8) is 0 Å². The largest absolute Gasteiger partial charge is 0.484 e. The van der Waals surface area contributed by atoms with Gasteiger partial charge in [0.05, 0.1) is 74.7 Å². The number of rotatable bonds is 33. The lowest BCUT2D eigenvalue weighted by Crippen LogP contribution is -2.39. The SMILES string of the molecule is CN(C)[C@H]1Cc2ccc(Cl)cc2[C@@H]1Oc1ccc(S(=O)(=O)NCCOCCOCCNC(=O)NCCCCNC(=O)NCCOCCOCCNS(=O)(=O)c2ccc(O[C@H]3c4cc(Cl)ccc4C[C@@H]3N(C)C)cc2)cc1. The first-order valence-corrected chi connectivity index (χ1v) is 29.0. The number of hydrogen-bond acceptors (Lipinski definition) is 14. The van der Waals surface area contributed by atoms with Gasteiger partial charge in [-0.3, -0.25) is 0 Å². The lowest BCUT2D eigenvalue weighted by Gasteiger charge is -2.27. The molecule has 0 unspecified atom stereocenters. The molecule has 0 spiro atoms. The van der Waals surface area contributed by atoms with Crippen molar-refractivity contribution in [2.24, 2.45) is 0 Å². The lowest BCUT2D eigenvalue weighted by molar-refractivity contribution is 0.0516. The predicted octanol–water partition coefficient (Wildman–Crippen LogP) is 4.91. The highest BCUT2D eigenvalue weighted by Crippen LogP contribution is 2.40. The van der Waals surface area contributed by atoms with Gasteiger partial charge in [0.15, 0.2) is 0 Å². The molecule has 4 aromatic carbocycles. The minimum atomic E-state index is -3.76. The van der Waals surface area contributed by atoms with Crippen molar-refractivity contribution in [1.29, 1.82) is 0 Å². The summed E-state index contributed by atoms with van der Waals surface area (Å²) in [7, 11) is 0.492. The highest BCUT2D eigenvalue weighted by Gasteiger charge is 2.37. The van der Waals surface area contributed by atoms with Crippen molar-refractivity contribution < 1.29 is 54.8 Å². The smallest absolute Gasteiger partial charge is 0.314 e. The molecule has 24 heteroatoms. The molecule has 20 nitrogen and oxygen atoms in total. The van der Waals surface area contributed by atoms with Crippen molar-refractivity contribution >= 4 is 55.3 Å². The molecule has 6 N–H and O–H groups in total. The van der Waals surface area contributed by atoms with Crippen LogP contribution >= 0.6 is 23.2 Å². The van der Waals surface area contributed by atoms with Gasteiger partial charge >= 0.3 is 12.1 Å². The summed E-state index contributed by atoms with van der Waals surface area (Å²) in [6.07, 6.45) is 2.47. The van der Waals surface area contributed by atoms with Crippen molar-refractivity contribution in [2.45, 2.75) is 59.8 Å². The molecule has 0 fully saturated rings. The van der Waals surface area contributed by atoms with E-state index in [-0.39, 0.29) is 125 Å². The number of fused-ring (bicyclic) bond motifs is 2. The molecule has 418 valence electrons. The second-order valence-corrected chi connectivity index (χ2v) is 22.9. The van der Waals surface area contributed by atoms with Crippen molar-refractivity contribution in [3.8, 4) is 11.5 Å². The Balaban J connectivity index is 0.688. The molecule has 0 bridgehead atoms. The first-order valence-electron chi connectivity index (χ1n) is 25.3. The zero-order valence-corrected chi connectivity index (χ0v) is 46.6. The van der Waals surface area contributed by atoms with Crippen LogP contribution in [0.1, 0.15) is 47.3 Å². The van der Waals surface area contributed by atoms with Gasteiger partial charge in [0.2, 0.25) is 20.0 Å². The Morgan fingerprint density at radius 1 is 0.487 bits per heavy atom. The Morgan fingerprint density at radius 2 is 0.829 bits per heavy atom. The second kappa shape index (κ2) is 30.4. The summed E-state index contributed by atoms with van der Waals surface area (Å²) in [5.41, 5.74) is 4.41. The van der Waals surface area contributed by atoms with Gasteiger partial charge in [0, 0.05) is 49.3 Å². The van der Waals surface area contributed by atoms with Crippen LogP contribution in [0.3, 0.4) is 0 Å². The van der Waals surface area contributed by atoms with E-state index in [1.54, 1.807) is 24.3 Å². The number of nitrogens with one attached hydrogen (secondary N) is 6. The first-order chi connectivity index (χ1) is 36.5. The van der Waals surface area contributed by atoms with E-state index >= 15 is 0 Å². The number of sulfonamides is 2. The predicted molar refractivity (Wildman–Crippen MR) is 291 cm³/mol. The molecule has 0 aliphatic heterocycles. The summed E-state index contributed by atoms with van der Waals surface area (Å²) in [6.45, 7) is 3.45. The van der Waals surface area contributed by atoms with Gasteiger partial charge in [0.1, 0.15) is 23.7 Å². The van der Waals surface area contributed by atoms with Crippen LogP contribution in [0, 0.1) is 0 Å². The minimum Gasteiger partial charge on any atom is -0.484 e. The molecule has 2 aliphatic carbocycles. The van der Waals surface area contributed by atoms with E-state index in [4.69, 9.17) is 51.6 Å². The molecule has 76 heavy (non-hydrogen) atoms. The van der Waals surface area contributed by atoms with E-state index in [2.05, 4.69) is 40.5 Å². The number of likely N-dealkylation sites (N-methyl/N-ethyl adjacent to an activating group) is 2. The molecule has 0 saturated carbocycles. The number of halogens is 2. The fourth-order valence-corrected chi connectivity index (χ4v) is 10.9. The monoisotopic (exact) mass is 1130 g/mol. The van der Waals surface area contributed by atoms with Gasteiger partial charge in [-0.05, 0) is 149 Å². The van der Waals surface area contributed by atoms with Crippen LogP contribution in [0.25, 0.3) is 0 Å². The number of ether oxygens (including phenoxy) is 6. The summed E-state index contributed by atoms with van der Waals surface area (Å²) in [5, 5.41) is 12.2. The molecule has 2 aliphatic rings. The van der Waals surface area contributed by atoms with Crippen LogP contribution in [0.15, 0.2) is 94.7 Å². The van der Waals surface area contributed by atoms with E-state index in [1.165, 1.54) is 35.4 Å². The van der Waals surface area contributed by atoms with Crippen LogP contribution in [0.4, 0.5) is 9.59 Å². The molecule has 4 atom stereocenters. The summed E-state index contributed by atoms with van der Waals surface area (Å²) in [4.78, 5) is 28.6. The van der Waals surface area contributed by atoms with Gasteiger partial charge in [0.25, 0.3) is 0 Å². The quantitative estimate of drug-likeness (QED) is 0.0348. The highest BCUT2D eigenvalue weighted by atomic mass is 35.5. The summed E-state index contributed by atoms with van der Waals surface area (Å²) < 4.78 is 91.2. The third-order valence-corrected chi connectivity index (χ3v) is 16.0. The van der Waals surface area contributed by atoms with E-state index in [0.717, 1.165) is 24.0 Å². The summed E-state index contributed by atoms with van der Waals surface area (Å²) in [5.74, 6) is 1.11. The maximum atomic E-state index is 12.9. The van der Waals surface area contributed by atoms with Crippen LogP contribution in [0.5, 0.6) is 11.5 Å². The van der Waals surface area contributed by atoms with Crippen molar-refractivity contribution in [3.05, 3.63) is 117 Å². The topological polar surface area (TPSA) is 236 Å². The third-order valence-electron chi connectivity index (χ3n) is 12.6. The van der Waals surface area contributed by atoms with E-state index in [9.17, 15) is 26.4 Å².